The zero-order valence-corrected chi connectivity index (χ0v) is 17.1. The van der Waals surface area contributed by atoms with Gasteiger partial charge in [-0.3, -0.25) is 9.59 Å². The number of benzene rings is 2. The number of rotatable bonds is 5. The summed E-state index contributed by atoms with van der Waals surface area (Å²) in [4.78, 5) is 25.5. The summed E-state index contributed by atoms with van der Waals surface area (Å²) in [5.41, 5.74) is 4.00. The monoisotopic (exact) mass is 405 g/mol. The van der Waals surface area contributed by atoms with Crippen LogP contribution in [0.4, 0.5) is 5.69 Å². The summed E-state index contributed by atoms with van der Waals surface area (Å²) >= 11 is 0. The van der Waals surface area contributed by atoms with Crippen LogP contribution in [-0.4, -0.2) is 22.5 Å². The number of fused-ring (bicyclic) bond motifs is 1. The number of hydrogen-bond acceptors (Lipinski definition) is 5. The SMILES string of the molecule is CC[C@@H](C(=O)Nc1ccc2c(c1)OCO2)n1nc(-c2cc(C)ccc2C)ccc1=O. The normalized spacial score (nSPS) is 13.2. The average molecular weight is 405 g/mol. The van der Waals surface area contributed by atoms with Gasteiger partial charge in [-0.1, -0.05) is 24.6 Å². The summed E-state index contributed by atoms with van der Waals surface area (Å²) in [6, 6.07) is 13.7. The van der Waals surface area contributed by atoms with Crippen molar-refractivity contribution < 1.29 is 14.3 Å². The first-order valence-corrected chi connectivity index (χ1v) is 9.84. The maximum Gasteiger partial charge on any atom is 0.267 e. The molecule has 4 rings (SSSR count). The van der Waals surface area contributed by atoms with E-state index in [1.165, 1.54) is 10.7 Å². The predicted octanol–water partition coefficient (Wildman–Crippen LogP) is 3.85. The number of nitrogens with zero attached hydrogens (tertiary/aromatic N) is 2. The van der Waals surface area contributed by atoms with Crippen LogP contribution in [0.1, 0.15) is 30.5 Å². The number of aryl methyl sites for hydroxylation is 2. The minimum atomic E-state index is -0.743. The van der Waals surface area contributed by atoms with Gasteiger partial charge in [0, 0.05) is 23.4 Å². The van der Waals surface area contributed by atoms with Gasteiger partial charge in [0.05, 0.1) is 5.69 Å². The first-order valence-electron chi connectivity index (χ1n) is 9.84. The van der Waals surface area contributed by atoms with E-state index in [0.717, 1.165) is 16.7 Å². The fourth-order valence-corrected chi connectivity index (χ4v) is 3.47. The van der Waals surface area contributed by atoms with E-state index in [2.05, 4.69) is 10.4 Å². The summed E-state index contributed by atoms with van der Waals surface area (Å²) in [6.07, 6.45) is 0.416. The van der Waals surface area contributed by atoms with Crippen LogP contribution in [0.5, 0.6) is 11.5 Å². The summed E-state index contributed by atoms with van der Waals surface area (Å²) in [7, 11) is 0. The van der Waals surface area contributed by atoms with Crippen molar-refractivity contribution in [3.63, 3.8) is 0 Å². The summed E-state index contributed by atoms with van der Waals surface area (Å²) in [5, 5.41) is 7.39. The lowest BCUT2D eigenvalue weighted by molar-refractivity contribution is -0.119. The van der Waals surface area contributed by atoms with E-state index in [1.807, 2.05) is 39.0 Å². The highest BCUT2D eigenvalue weighted by molar-refractivity contribution is 5.94. The third kappa shape index (κ3) is 3.78. The lowest BCUT2D eigenvalue weighted by Crippen LogP contribution is -2.34. The van der Waals surface area contributed by atoms with Gasteiger partial charge in [0.1, 0.15) is 6.04 Å². The minimum Gasteiger partial charge on any atom is -0.454 e. The molecule has 1 aliphatic rings. The molecule has 0 fully saturated rings. The molecule has 1 N–H and O–H groups in total. The second-order valence-corrected chi connectivity index (χ2v) is 7.30. The van der Waals surface area contributed by atoms with E-state index < -0.39 is 6.04 Å². The first-order chi connectivity index (χ1) is 14.5. The molecule has 0 saturated carbocycles. The fraction of sp³-hybridized carbons (Fsp3) is 0.261. The molecule has 2 aromatic carbocycles. The molecular weight excluding hydrogens is 382 g/mol. The van der Waals surface area contributed by atoms with Crippen LogP contribution in [0, 0.1) is 13.8 Å². The third-order valence-corrected chi connectivity index (χ3v) is 5.12. The molecule has 30 heavy (non-hydrogen) atoms. The molecule has 7 nitrogen and oxygen atoms in total. The highest BCUT2D eigenvalue weighted by atomic mass is 16.7. The van der Waals surface area contributed by atoms with Crippen molar-refractivity contribution in [3.8, 4) is 22.8 Å². The summed E-state index contributed by atoms with van der Waals surface area (Å²) in [6.45, 7) is 6.01. The van der Waals surface area contributed by atoms with Gasteiger partial charge in [-0.15, -0.1) is 0 Å². The van der Waals surface area contributed by atoms with Crippen molar-refractivity contribution in [1.29, 1.82) is 0 Å². The average Bonchev–Trinajstić information content (AvgIpc) is 3.19. The Morgan fingerprint density at radius 2 is 1.90 bits per heavy atom. The fourth-order valence-electron chi connectivity index (χ4n) is 3.47. The Labute approximate surface area is 174 Å². The third-order valence-electron chi connectivity index (χ3n) is 5.12. The molecule has 0 aliphatic carbocycles. The number of carbonyl (C=O) groups is 1. The van der Waals surface area contributed by atoms with Gasteiger partial charge < -0.3 is 14.8 Å². The van der Waals surface area contributed by atoms with E-state index in [-0.39, 0.29) is 18.3 Å². The van der Waals surface area contributed by atoms with Crippen molar-refractivity contribution in [2.24, 2.45) is 0 Å². The Kier molecular flexibility index (Phi) is 5.27. The number of hydrogen-bond donors (Lipinski definition) is 1. The van der Waals surface area contributed by atoms with E-state index in [1.54, 1.807) is 24.3 Å². The number of amides is 1. The lowest BCUT2D eigenvalue weighted by Gasteiger charge is -2.18. The molecule has 3 aromatic rings. The quantitative estimate of drug-likeness (QED) is 0.697. The molecule has 1 aromatic heterocycles. The van der Waals surface area contributed by atoms with Crippen molar-refractivity contribution in [3.05, 3.63) is 70.0 Å². The molecule has 0 bridgehead atoms. The van der Waals surface area contributed by atoms with Gasteiger partial charge in [-0.25, -0.2) is 4.68 Å². The molecule has 0 unspecified atom stereocenters. The van der Waals surface area contributed by atoms with Gasteiger partial charge in [0.25, 0.3) is 5.56 Å². The van der Waals surface area contributed by atoms with Crippen LogP contribution in [0.3, 0.4) is 0 Å². The van der Waals surface area contributed by atoms with E-state index >= 15 is 0 Å². The van der Waals surface area contributed by atoms with Crippen molar-refractivity contribution >= 4 is 11.6 Å². The molecule has 7 heteroatoms. The Morgan fingerprint density at radius 3 is 2.70 bits per heavy atom. The molecule has 1 atom stereocenters. The number of nitrogens with one attached hydrogen (secondary N) is 1. The maximum absolute atomic E-state index is 13.0. The second kappa shape index (κ2) is 8.02. The highest BCUT2D eigenvalue weighted by Gasteiger charge is 2.23. The molecule has 0 spiro atoms. The number of aromatic nitrogens is 2. The molecule has 2 heterocycles. The van der Waals surface area contributed by atoms with Crippen molar-refractivity contribution in [2.45, 2.75) is 33.2 Å². The number of carbonyl (C=O) groups excluding carboxylic acids is 1. The lowest BCUT2D eigenvalue weighted by atomic mass is 10.0. The van der Waals surface area contributed by atoms with Crippen LogP contribution in [0.2, 0.25) is 0 Å². The van der Waals surface area contributed by atoms with Crippen molar-refractivity contribution in [2.75, 3.05) is 12.1 Å². The smallest absolute Gasteiger partial charge is 0.267 e. The standard InChI is InChI=1S/C23H23N3O4/c1-4-19(23(28)24-16-7-9-20-21(12-16)30-13-29-20)26-22(27)10-8-18(25-26)17-11-14(2)5-6-15(17)3/h5-12,19H,4,13H2,1-3H3,(H,24,28)/t19-/m0/s1. The van der Waals surface area contributed by atoms with Gasteiger partial charge in [-0.05, 0) is 50.1 Å². The Balaban J connectivity index is 1.64. The summed E-state index contributed by atoms with van der Waals surface area (Å²) < 4.78 is 11.9. The number of anilines is 1. The molecule has 1 amide bonds. The number of ether oxygens (including phenoxy) is 2. The Bertz CT molecular complexity index is 1170. The molecular formula is C23H23N3O4. The molecule has 1 aliphatic heterocycles. The van der Waals surface area contributed by atoms with Crippen LogP contribution >= 0.6 is 0 Å². The van der Waals surface area contributed by atoms with Crippen molar-refractivity contribution in [1.82, 2.24) is 9.78 Å². The minimum absolute atomic E-state index is 0.162. The van der Waals surface area contributed by atoms with Crippen LogP contribution in [0.25, 0.3) is 11.3 Å². The van der Waals surface area contributed by atoms with Crippen LogP contribution < -0.4 is 20.3 Å². The molecule has 0 saturated heterocycles. The van der Waals surface area contributed by atoms with E-state index in [4.69, 9.17) is 9.47 Å². The highest BCUT2D eigenvalue weighted by Crippen LogP contribution is 2.34. The molecule has 154 valence electrons. The van der Waals surface area contributed by atoms with Gasteiger partial charge in [-0.2, -0.15) is 5.10 Å². The van der Waals surface area contributed by atoms with Crippen LogP contribution in [0.15, 0.2) is 53.3 Å². The first kappa shape index (κ1) is 19.7. The topological polar surface area (TPSA) is 82.4 Å². The van der Waals surface area contributed by atoms with Gasteiger partial charge in [0.2, 0.25) is 12.7 Å². The second-order valence-electron chi connectivity index (χ2n) is 7.30. The Hall–Kier alpha value is -3.61. The van der Waals surface area contributed by atoms with Gasteiger partial charge >= 0.3 is 0 Å². The zero-order valence-electron chi connectivity index (χ0n) is 17.1. The van der Waals surface area contributed by atoms with Crippen LogP contribution in [-0.2, 0) is 4.79 Å². The van der Waals surface area contributed by atoms with E-state index in [0.29, 0.717) is 29.3 Å². The Morgan fingerprint density at radius 1 is 1.10 bits per heavy atom. The largest absolute Gasteiger partial charge is 0.454 e. The predicted molar refractivity (Wildman–Crippen MR) is 114 cm³/mol. The van der Waals surface area contributed by atoms with E-state index in [9.17, 15) is 9.59 Å². The molecule has 0 radical (unpaired) electrons. The van der Waals surface area contributed by atoms with Gasteiger partial charge in [0.15, 0.2) is 11.5 Å². The maximum atomic E-state index is 13.0. The summed E-state index contributed by atoms with van der Waals surface area (Å²) in [5.74, 6) is 0.899. The zero-order chi connectivity index (χ0) is 21.3.